The minimum absolute atomic E-state index is 0.144. The first-order valence-electron chi connectivity index (χ1n) is 10.2. The predicted octanol–water partition coefficient (Wildman–Crippen LogP) is -0.0751. The Kier molecular flexibility index (Phi) is 2.96. The molecule has 2 aliphatic carbocycles. The molecule has 0 aromatic heterocycles. The third-order valence-electron chi connectivity index (χ3n) is 9.12. The molecule has 8 heteroatoms. The smallest absolute Gasteiger partial charge is 0.342 e. The molecule has 11 atom stereocenters. The Morgan fingerprint density at radius 3 is 2.57 bits per heavy atom. The zero-order chi connectivity index (χ0) is 20.1. The van der Waals surface area contributed by atoms with Crippen LogP contribution < -0.4 is 0 Å². The summed E-state index contributed by atoms with van der Waals surface area (Å²) >= 11 is 0. The Labute approximate surface area is 163 Å². The van der Waals surface area contributed by atoms with E-state index in [0.29, 0.717) is 19.4 Å². The highest BCUT2D eigenvalue weighted by Gasteiger charge is 2.99. The minimum atomic E-state index is -1.66. The Hall–Kier alpha value is -0.770. The topological polar surface area (TPSA) is 115 Å². The fourth-order valence-corrected chi connectivity index (χ4v) is 8.30. The zero-order valence-electron chi connectivity index (χ0n) is 16.5. The van der Waals surface area contributed by atoms with Gasteiger partial charge < -0.3 is 34.3 Å². The molecule has 156 valence electrons. The molecule has 6 aliphatic rings. The molecule has 0 amide bonds. The highest BCUT2D eigenvalue weighted by molar-refractivity contribution is 5.89. The summed E-state index contributed by atoms with van der Waals surface area (Å²) < 4.78 is 23.9. The number of hydrogen-bond acceptors (Lipinski definition) is 8. The zero-order valence-corrected chi connectivity index (χ0v) is 16.5. The fourth-order valence-electron chi connectivity index (χ4n) is 8.30. The van der Waals surface area contributed by atoms with Crippen molar-refractivity contribution in [3.63, 3.8) is 0 Å². The molecular formula is C20H28O8. The second-order valence-electron chi connectivity index (χ2n) is 10.8. The Morgan fingerprint density at radius 1 is 1.18 bits per heavy atom. The van der Waals surface area contributed by atoms with Crippen LogP contribution >= 0.6 is 0 Å². The van der Waals surface area contributed by atoms with Crippen molar-refractivity contribution < 1.29 is 39.1 Å². The molecule has 4 aliphatic heterocycles. The van der Waals surface area contributed by atoms with Crippen LogP contribution in [0.1, 0.15) is 40.5 Å². The number of hydrogen-bond donors (Lipinski definition) is 3. The van der Waals surface area contributed by atoms with Gasteiger partial charge in [0, 0.05) is 5.92 Å². The van der Waals surface area contributed by atoms with Crippen LogP contribution in [0.5, 0.6) is 0 Å². The molecule has 4 heterocycles. The number of ether oxygens (including phenoxy) is 4. The van der Waals surface area contributed by atoms with Gasteiger partial charge in [-0.3, -0.25) is 0 Å². The number of esters is 1. The van der Waals surface area contributed by atoms with Crippen molar-refractivity contribution in [2.24, 2.45) is 28.1 Å². The summed E-state index contributed by atoms with van der Waals surface area (Å²) in [6, 6.07) is 0. The van der Waals surface area contributed by atoms with E-state index in [2.05, 4.69) is 20.8 Å². The highest BCUT2D eigenvalue weighted by Crippen LogP contribution is 2.84. The second-order valence-corrected chi connectivity index (χ2v) is 10.8. The van der Waals surface area contributed by atoms with Crippen LogP contribution in [0.25, 0.3) is 0 Å². The first-order chi connectivity index (χ1) is 13.0. The van der Waals surface area contributed by atoms with Gasteiger partial charge in [0.15, 0.2) is 12.6 Å². The lowest BCUT2D eigenvalue weighted by Crippen LogP contribution is -2.66. The largest absolute Gasteiger partial charge is 0.459 e. The van der Waals surface area contributed by atoms with Crippen molar-refractivity contribution in [3.8, 4) is 0 Å². The maximum absolute atomic E-state index is 13.3. The molecule has 0 unspecified atom stereocenters. The van der Waals surface area contributed by atoms with Crippen LogP contribution in [0, 0.1) is 28.1 Å². The van der Waals surface area contributed by atoms with Crippen molar-refractivity contribution in [1.29, 1.82) is 0 Å². The Bertz CT molecular complexity index is 779. The van der Waals surface area contributed by atoms with Crippen molar-refractivity contribution in [1.82, 2.24) is 0 Å². The first kappa shape index (κ1) is 18.0. The lowest BCUT2D eigenvalue weighted by atomic mass is 9.51. The lowest BCUT2D eigenvalue weighted by molar-refractivity contribution is -0.263. The number of carbonyl (C=O) groups is 1. The quantitative estimate of drug-likeness (QED) is 0.488. The highest BCUT2D eigenvalue weighted by atomic mass is 16.8. The van der Waals surface area contributed by atoms with Crippen LogP contribution in [-0.2, 0) is 23.7 Å². The standard InChI is InChI=1S/C20H28O8/c1-8-7-25-11-6-17-10-5-9(16(2,3)4)18(17)12(21)13(22)27-15(18)28-20(17,14(23)26-10)19(8,11)24/h8-13,15,21-22,24H,5-7H2,1-4H3/t8-,9+,10-,11+,12+,13+,15+,17+,18-,19-,20-/m1/s1. The monoisotopic (exact) mass is 396 g/mol. The van der Waals surface area contributed by atoms with Crippen molar-refractivity contribution in [3.05, 3.63) is 0 Å². The van der Waals surface area contributed by atoms with Crippen LogP contribution in [0.4, 0.5) is 0 Å². The number of rotatable bonds is 0. The van der Waals surface area contributed by atoms with E-state index in [1.54, 1.807) is 0 Å². The van der Waals surface area contributed by atoms with Crippen LogP contribution in [0.3, 0.4) is 0 Å². The van der Waals surface area contributed by atoms with E-state index in [1.807, 2.05) is 6.92 Å². The Balaban J connectivity index is 1.67. The van der Waals surface area contributed by atoms with Gasteiger partial charge in [0.2, 0.25) is 5.60 Å². The normalized spacial score (nSPS) is 64.0. The average Bonchev–Trinajstić information content (AvgIpc) is 3.31. The van der Waals surface area contributed by atoms with E-state index >= 15 is 0 Å². The van der Waals surface area contributed by atoms with Gasteiger partial charge in [0.05, 0.1) is 23.5 Å². The van der Waals surface area contributed by atoms with Crippen molar-refractivity contribution in [2.75, 3.05) is 6.61 Å². The minimum Gasteiger partial charge on any atom is -0.459 e. The lowest BCUT2D eigenvalue weighted by Gasteiger charge is -2.48. The molecule has 2 spiro atoms. The van der Waals surface area contributed by atoms with Gasteiger partial charge >= 0.3 is 5.97 Å². The third kappa shape index (κ3) is 1.34. The van der Waals surface area contributed by atoms with Crippen molar-refractivity contribution >= 4 is 5.97 Å². The summed E-state index contributed by atoms with van der Waals surface area (Å²) in [7, 11) is 0. The average molecular weight is 396 g/mol. The van der Waals surface area contributed by atoms with Gasteiger partial charge in [-0.05, 0) is 24.2 Å². The number of aliphatic hydroxyl groups excluding tert-OH is 2. The molecule has 4 saturated heterocycles. The van der Waals surface area contributed by atoms with Gasteiger partial charge in [-0.25, -0.2) is 4.79 Å². The molecule has 8 nitrogen and oxygen atoms in total. The Morgan fingerprint density at radius 2 is 1.89 bits per heavy atom. The molecule has 2 saturated carbocycles. The van der Waals surface area contributed by atoms with E-state index in [4.69, 9.17) is 18.9 Å². The first-order valence-corrected chi connectivity index (χ1v) is 10.2. The number of carbonyl (C=O) groups excluding carboxylic acids is 1. The summed E-state index contributed by atoms with van der Waals surface area (Å²) in [6.07, 6.45) is -3.90. The summed E-state index contributed by atoms with van der Waals surface area (Å²) in [5.74, 6) is -1.07. The SMILES string of the molecule is C[C@@H]1CO[C@H]2C[C@]34[C@H]5C[C@@H](C(C)(C)C)[C@@]36[C@@H](O[C@H](O)[C@@H]6O)O[C@@]4(C(=O)O5)[C@@]12O. The van der Waals surface area contributed by atoms with E-state index in [9.17, 15) is 20.1 Å². The number of aliphatic hydroxyl groups is 3. The van der Waals surface area contributed by atoms with Gasteiger partial charge in [-0.2, -0.15) is 0 Å². The second kappa shape index (κ2) is 4.60. The third-order valence-corrected chi connectivity index (χ3v) is 9.12. The molecule has 28 heavy (non-hydrogen) atoms. The molecule has 6 rings (SSSR count). The summed E-state index contributed by atoms with van der Waals surface area (Å²) in [6.45, 7) is 8.39. The van der Waals surface area contributed by atoms with Gasteiger partial charge in [-0.15, -0.1) is 0 Å². The van der Waals surface area contributed by atoms with E-state index < -0.39 is 58.9 Å². The summed E-state index contributed by atoms with van der Waals surface area (Å²) in [5.41, 5.74) is -5.56. The van der Waals surface area contributed by atoms with Gasteiger partial charge in [0.25, 0.3) is 0 Å². The molecule has 3 N–H and O–H groups in total. The van der Waals surface area contributed by atoms with Gasteiger partial charge in [-0.1, -0.05) is 27.7 Å². The van der Waals surface area contributed by atoms with E-state index in [0.717, 1.165) is 0 Å². The molecule has 0 aromatic carbocycles. The molecule has 0 bridgehead atoms. The van der Waals surface area contributed by atoms with E-state index in [-0.39, 0.29) is 17.3 Å². The predicted molar refractivity (Wildman–Crippen MR) is 91.5 cm³/mol. The molecule has 0 aromatic rings. The van der Waals surface area contributed by atoms with Crippen LogP contribution in [0.2, 0.25) is 0 Å². The molecular weight excluding hydrogens is 368 g/mol. The maximum atomic E-state index is 13.3. The van der Waals surface area contributed by atoms with Crippen LogP contribution in [-0.4, -0.2) is 70.0 Å². The van der Waals surface area contributed by atoms with E-state index in [1.165, 1.54) is 0 Å². The number of fused-ring (bicyclic) bond motifs is 1. The molecule has 0 radical (unpaired) electrons. The van der Waals surface area contributed by atoms with Gasteiger partial charge in [0.1, 0.15) is 17.8 Å². The van der Waals surface area contributed by atoms with Crippen LogP contribution in [0.15, 0.2) is 0 Å². The summed E-state index contributed by atoms with van der Waals surface area (Å²) in [5, 5.41) is 33.7. The van der Waals surface area contributed by atoms with Crippen molar-refractivity contribution in [2.45, 2.75) is 82.6 Å². The maximum Gasteiger partial charge on any atom is 0.342 e. The summed E-state index contributed by atoms with van der Waals surface area (Å²) in [4.78, 5) is 13.3. The molecule has 6 fully saturated rings. The fraction of sp³-hybridized carbons (Fsp3) is 0.950.